The highest BCUT2D eigenvalue weighted by atomic mass is 16.5. The fourth-order valence-corrected chi connectivity index (χ4v) is 3.34. The lowest BCUT2D eigenvalue weighted by Gasteiger charge is -2.15. The summed E-state index contributed by atoms with van der Waals surface area (Å²) in [5, 5.41) is 3.15. The minimum Gasteiger partial charge on any atom is -0.497 e. The standard InChI is InChI=1S/C24H21N3O3/c1-16-6-8-18(9-7-16)21-22(26-19-4-3-5-20(14-19)30-2)24(29)27(23(21)28)15-17-10-12-25-13-11-17/h3-14,26H,15H2,1-2H3. The molecule has 30 heavy (non-hydrogen) atoms. The van der Waals surface area contributed by atoms with E-state index in [9.17, 15) is 9.59 Å². The summed E-state index contributed by atoms with van der Waals surface area (Å²) in [5.41, 5.74) is 3.88. The summed E-state index contributed by atoms with van der Waals surface area (Å²) in [7, 11) is 1.58. The van der Waals surface area contributed by atoms with Gasteiger partial charge in [-0.3, -0.25) is 19.5 Å². The Morgan fingerprint density at radius 2 is 1.70 bits per heavy atom. The third kappa shape index (κ3) is 3.80. The van der Waals surface area contributed by atoms with Crippen LogP contribution in [0.3, 0.4) is 0 Å². The summed E-state index contributed by atoms with van der Waals surface area (Å²) < 4.78 is 5.27. The average Bonchev–Trinajstić information content (AvgIpc) is 2.99. The molecule has 2 heterocycles. The molecule has 1 aliphatic rings. The number of hydrogen-bond acceptors (Lipinski definition) is 5. The first-order chi connectivity index (χ1) is 14.6. The predicted molar refractivity (Wildman–Crippen MR) is 115 cm³/mol. The summed E-state index contributed by atoms with van der Waals surface area (Å²) in [4.78, 5) is 31.8. The number of aromatic nitrogens is 1. The molecule has 6 heteroatoms. The minimum atomic E-state index is -0.366. The van der Waals surface area contributed by atoms with Crippen LogP contribution in [0.25, 0.3) is 5.57 Å². The lowest BCUT2D eigenvalue weighted by Crippen LogP contribution is -2.32. The van der Waals surface area contributed by atoms with Gasteiger partial charge in [0.1, 0.15) is 11.4 Å². The molecule has 1 aromatic heterocycles. The van der Waals surface area contributed by atoms with Crippen molar-refractivity contribution in [3.63, 3.8) is 0 Å². The Morgan fingerprint density at radius 1 is 0.967 bits per heavy atom. The molecule has 0 bridgehead atoms. The number of hydrogen-bond donors (Lipinski definition) is 1. The second-order valence-corrected chi connectivity index (χ2v) is 7.02. The Bertz CT molecular complexity index is 1120. The van der Waals surface area contributed by atoms with Gasteiger partial charge in [-0.1, -0.05) is 35.9 Å². The average molecular weight is 399 g/mol. The molecule has 0 aliphatic carbocycles. The van der Waals surface area contributed by atoms with E-state index in [-0.39, 0.29) is 24.1 Å². The highest BCUT2D eigenvalue weighted by Crippen LogP contribution is 2.32. The lowest BCUT2D eigenvalue weighted by molar-refractivity contribution is -0.137. The number of nitrogens with zero attached hydrogens (tertiary/aromatic N) is 2. The van der Waals surface area contributed by atoms with E-state index < -0.39 is 0 Å². The van der Waals surface area contributed by atoms with Gasteiger partial charge in [0.15, 0.2) is 0 Å². The SMILES string of the molecule is COc1cccc(NC2=C(c3ccc(C)cc3)C(=O)N(Cc3ccncc3)C2=O)c1. The van der Waals surface area contributed by atoms with Crippen LogP contribution < -0.4 is 10.1 Å². The second kappa shape index (κ2) is 8.21. The van der Waals surface area contributed by atoms with E-state index in [1.165, 1.54) is 4.90 Å². The Labute approximate surface area is 174 Å². The molecule has 0 fully saturated rings. The summed E-state index contributed by atoms with van der Waals surface area (Å²) in [6.45, 7) is 2.16. The van der Waals surface area contributed by atoms with Gasteiger partial charge in [-0.05, 0) is 42.3 Å². The van der Waals surface area contributed by atoms with E-state index in [0.717, 1.165) is 11.1 Å². The van der Waals surface area contributed by atoms with Crippen molar-refractivity contribution in [1.82, 2.24) is 9.88 Å². The maximum atomic E-state index is 13.3. The molecule has 0 saturated carbocycles. The van der Waals surface area contributed by atoms with Gasteiger partial charge in [-0.15, -0.1) is 0 Å². The van der Waals surface area contributed by atoms with Crippen LogP contribution in [-0.2, 0) is 16.1 Å². The largest absolute Gasteiger partial charge is 0.497 e. The Morgan fingerprint density at radius 3 is 2.40 bits per heavy atom. The van der Waals surface area contributed by atoms with Gasteiger partial charge in [-0.2, -0.15) is 0 Å². The van der Waals surface area contributed by atoms with E-state index in [2.05, 4.69) is 10.3 Å². The highest BCUT2D eigenvalue weighted by Gasteiger charge is 2.39. The van der Waals surface area contributed by atoms with E-state index in [1.54, 1.807) is 37.7 Å². The Balaban J connectivity index is 1.74. The number of ether oxygens (including phenoxy) is 1. The molecule has 0 spiro atoms. The normalized spacial score (nSPS) is 13.7. The summed E-state index contributed by atoms with van der Waals surface area (Å²) in [6.07, 6.45) is 3.29. The molecule has 0 radical (unpaired) electrons. The molecule has 2 aromatic carbocycles. The highest BCUT2D eigenvalue weighted by molar-refractivity contribution is 6.36. The number of pyridine rings is 1. The number of aryl methyl sites for hydroxylation is 1. The fourth-order valence-electron chi connectivity index (χ4n) is 3.34. The fraction of sp³-hybridized carbons (Fsp3) is 0.125. The maximum Gasteiger partial charge on any atom is 0.278 e. The molecule has 0 saturated heterocycles. The van der Waals surface area contributed by atoms with Crippen LogP contribution >= 0.6 is 0 Å². The van der Waals surface area contributed by atoms with Gasteiger partial charge in [0, 0.05) is 24.1 Å². The minimum absolute atomic E-state index is 0.179. The number of rotatable bonds is 6. The Kier molecular flexibility index (Phi) is 5.30. The predicted octanol–water partition coefficient (Wildman–Crippen LogP) is 3.79. The van der Waals surface area contributed by atoms with Gasteiger partial charge < -0.3 is 10.1 Å². The lowest BCUT2D eigenvalue weighted by atomic mass is 10.0. The van der Waals surface area contributed by atoms with Crippen molar-refractivity contribution in [2.45, 2.75) is 13.5 Å². The van der Waals surface area contributed by atoms with Gasteiger partial charge in [-0.25, -0.2) is 0 Å². The maximum absolute atomic E-state index is 13.3. The number of carbonyl (C=O) groups is 2. The second-order valence-electron chi connectivity index (χ2n) is 7.02. The molecule has 1 N–H and O–H groups in total. The van der Waals surface area contributed by atoms with Crippen molar-refractivity contribution in [2.24, 2.45) is 0 Å². The molecule has 3 aromatic rings. The van der Waals surface area contributed by atoms with Gasteiger partial charge in [0.25, 0.3) is 11.8 Å². The summed E-state index contributed by atoms with van der Waals surface area (Å²) in [5.74, 6) is -0.0378. The zero-order valence-electron chi connectivity index (χ0n) is 16.8. The van der Waals surface area contributed by atoms with Gasteiger partial charge in [0.05, 0.1) is 19.2 Å². The number of nitrogens with one attached hydrogen (secondary N) is 1. The first kappa shape index (κ1) is 19.4. The third-order valence-corrected chi connectivity index (χ3v) is 4.94. The van der Waals surface area contributed by atoms with Crippen LogP contribution in [0, 0.1) is 6.92 Å². The van der Waals surface area contributed by atoms with Crippen molar-refractivity contribution in [3.8, 4) is 5.75 Å². The van der Waals surface area contributed by atoms with E-state index in [0.29, 0.717) is 22.6 Å². The van der Waals surface area contributed by atoms with E-state index >= 15 is 0 Å². The smallest absolute Gasteiger partial charge is 0.278 e. The van der Waals surface area contributed by atoms with E-state index in [1.807, 2.05) is 49.4 Å². The molecule has 6 nitrogen and oxygen atoms in total. The number of carbonyl (C=O) groups excluding carboxylic acids is 2. The zero-order valence-corrected chi connectivity index (χ0v) is 16.8. The number of benzene rings is 2. The first-order valence-electron chi connectivity index (χ1n) is 9.54. The molecule has 2 amide bonds. The molecule has 0 atom stereocenters. The number of methoxy groups -OCH3 is 1. The summed E-state index contributed by atoms with van der Waals surface area (Å²) in [6, 6.07) is 18.4. The molecular weight excluding hydrogens is 378 g/mol. The zero-order chi connectivity index (χ0) is 21.1. The number of imide groups is 1. The van der Waals surface area contributed by atoms with Crippen LogP contribution in [0.1, 0.15) is 16.7 Å². The van der Waals surface area contributed by atoms with Crippen LogP contribution in [0.2, 0.25) is 0 Å². The van der Waals surface area contributed by atoms with Gasteiger partial charge >= 0.3 is 0 Å². The van der Waals surface area contributed by atoms with Crippen LogP contribution in [0.15, 0.2) is 78.8 Å². The van der Waals surface area contributed by atoms with Crippen molar-refractivity contribution < 1.29 is 14.3 Å². The molecule has 4 rings (SSSR count). The third-order valence-electron chi connectivity index (χ3n) is 4.94. The first-order valence-corrected chi connectivity index (χ1v) is 9.54. The van der Waals surface area contributed by atoms with Crippen LogP contribution in [0.5, 0.6) is 5.75 Å². The molecule has 150 valence electrons. The monoisotopic (exact) mass is 399 g/mol. The molecular formula is C24H21N3O3. The number of amides is 2. The van der Waals surface area contributed by atoms with Crippen molar-refractivity contribution in [3.05, 3.63) is 95.4 Å². The molecule has 0 unspecified atom stereocenters. The van der Waals surface area contributed by atoms with Gasteiger partial charge in [0.2, 0.25) is 0 Å². The topological polar surface area (TPSA) is 71.5 Å². The van der Waals surface area contributed by atoms with E-state index in [4.69, 9.17) is 4.74 Å². The number of anilines is 1. The van der Waals surface area contributed by atoms with Crippen molar-refractivity contribution in [1.29, 1.82) is 0 Å². The summed E-state index contributed by atoms with van der Waals surface area (Å²) >= 11 is 0. The van der Waals surface area contributed by atoms with Crippen molar-refractivity contribution in [2.75, 3.05) is 12.4 Å². The van der Waals surface area contributed by atoms with Crippen molar-refractivity contribution >= 4 is 23.1 Å². The quantitative estimate of drug-likeness (QED) is 0.639. The molecule has 1 aliphatic heterocycles. The van der Waals surface area contributed by atoms with Crippen LogP contribution in [-0.4, -0.2) is 28.8 Å². The Hall–Kier alpha value is -3.93. The van der Waals surface area contributed by atoms with Crippen LogP contribution in [0.4, 0.5) is 5.69 Å².